The first kappa shape index (κ1) is 20.6. The number of carbonyl (C=O) groups excluding carboxylic acids is 2. The molecule has 3 N–H and O–H groups in total. The van der Waals surface area contributed by atoms with Gasteiger partial charge < -0.3 is 15.4 Å². The average molecular weight is 390 g/mol. The van der Waals surface area contributed by atoms with Gasteiger partial charge in [-0.1, -0.05) is 43.6 Å². The van der Waals surface area contributed by atoms with Crippen molar-refractivity contribution in [3.05, 3.63) is 59.1 Å². The minimum Gasteiger partial charge on any atom is -0.449 e. The molecule has 0 radical (unpaired) electrons. The highest BCUT2D eigenvalue weighted by Gasteiger charge is 2.10. The van der Waals surface area contributed by atoms with Crippen LogP contribution in [0.25, 0.3) is 0 Å². The summed E-state index contributed by atoms with van der Waals surface area (Å²) in [7, 11) is 0. The second kappa shape index (κ2) is 9.83. The number of amides is 3. The number of ether oxygens (including phenoxy) is 1. The standard InChI is InChI=1S/C20H24ClN3O3/c1-13(2)12-27-20(26)24-18-6-4-5-17(11-18)23-19(25)22-14(3)15-7-9-16(21)10-8-15/h4-11,13-14H,12H2,1-3H3,(H,24,26)(H2,22,23,25). The minimum atomic E-state index is -0.526. The van der Waals surface area contributed by atoms with Crippen molar-refractivity contribution in [2.45, 2.75) is 26.8 Å². The molecule has 1 atom stereocenters. The Morgan fingerprint density at radius 3 is 2.26 bits per heavy atom. The number of benzene rings is 2. The van der Waals surface area contributed by atoms with Crippen LogP contribution >= 0.6 is 11.6 Å². The summed E-state index contributed by atoms with van der Waals surface area (Å²) in [6, 6.07) is 13.6. The molecule has 0 saturated carbocycles. The zero-order valence-corrected chi connectivity index (χ0v) is 16.3. The molecule has 0 aromatic heterocycles. The third-order valence-electron chi connectivity index (χ3n) is 3.63. The fourth-order valence-electron chi connectivity index (χ4n) is 2.27. The summed E-state index contributed by atoms with van der Waals surface area (Å²) in [5.41, 5.74) is 2.03. The van der Waals surface area contributed by atoms with Crippen molar-refractivity contribution in [3.63, 3.8) is 0 Å². The molecule has 1 unspecified atom stereocenters. The first-order valence-electron chi connectivity index (χ1n) is 8.70. The molecule has 27 heavy (non-hydrogen) atoms. The number of nitrogens with one attached hydrogen (secondary N) is 3. The summed E-state index contributed by atoms with van der Waals surface area (Å²) >= 11 is 5.88. The predicted octanol–water partition coefficient (Wildman–Crippen LogP) is 5.43. The number of urea groups is 1. The molecule has 2 rings (SSSR count). The number of hydrogen-bond donors (Lipinski definition) is 3. The third-order valence-corrected chi connectivity index (χ3v) is 3.88. The first-order valence-corrected chi connectivity index (χ1v) is 9.08. The highest BCUT2D eigenvalue weighted by molar-refractivity contribution is 6.30. The highest BCUT2D eigenvalue weighted by atomic mass is 35.5. The van der Waals surface area contributed by atoms with Crippen molar-refractivity contribution in [2.75, 3.05) is 17.2 Å². The van der Waals surface area contributed by atoms with Gasteiger partial charge in [0.2, 0.25) is 0 Å². The molecule has 3 amide bonds. The summed E-state index contributed by atoms with van der Waals surface area (Å²) < 4.78 is 5.08. The minimum absolute atomic E-state index is 0.186. The molecule has 0 aliphatic carbocycles. The van der Waals surface area contributed by atoms with Gasteiger partial charge in [-0.2, -0.15) is 0 Å². The molecule has 2 aromatic carbocycles. The van der Waals surface area contributed by atoms with Crippen LogP contribution in [0.3, 0.4) is 0 Å². The number of rotatable bonds is 6. The van der Waals surface area contributed by atoms with Crippen LogP contribution in [0.2, 0.25) is 5.02 Å². The Kier molecular flexibility index (Phi) is 7.49. The van der Waals surface area contributed by atoms with E-state index in [9.17, 15) is 9.59 Å². The summed E-state index contributed by atoms with van der Waals surface area (Å²) in [6.45, 7) is 6.14. The molecule has 0 fully saturated rings. The summed E-state index contributed by atoms with van der Waals surface area (Å²) in [4.78, 5) is 23.9. The van der Waals surface area contributed by atoms with Crippen LogP contribution in [-0.4, -0.2) is 18.7 Å². The summed E-state index contributed by atoms with van der Waals surface area (Å²) in [5.74, 6) is 0.259. The Labute approximate surface area is 164 Å². The van der Waals surface area contributed by atoms with Gasteiger partial charge in [-0.3, -0.25) is 5.32 Å². The number of anilines is 2. The fourth-order valence-corrected chi connectivity index (χ4v) is 2.40. The monoisotopic (exact) mass is 389 g/mol. The van der Waals surface area contributed by atoms with E-state index in [1.165, 1.54) is 0 Å². The van der Waals surface area contributed by atoms with Crippen molar-refractivity contribution in [1.82, 2.24) is 5.32 Å². The molecule has 0 heterocycles. The molecule has 0 aliphatic heterocycles. The lowest BCUT2D eigenvalue weighted by Crippen LogP contribution is -2.31. The van der Waals surface area contributed by atoms with Crippen LogP contribution < -0.4 is 16.0 Å². The Morgan fingerprint density at radius 2 is 1.63 bits per heavy atom. The van der Waals surface area contributed by atoms with Crippen molar-refractivity contribution in [2.24, 2.45) is 5.92 Å². The highest BCUT2D eigenvalue weighted by Crippen LogP contribution is 2.18. The molecule has 0 saturated heterocycles. The average Bonchev–Trinajstić information content (AvgIpc) is 2.60. The molecule has 7 heteroatoms. The maximum Gasteiger partial charge on any atom is 0.411 e. The predicted molar refractivity (Wildman–Crippen MR) is 108 cm³/mol. The Balaban J connectivity index is 1.90. The maximum atomic E-state index is 12.2. The molecule has 0 spiro atoms. The molecule has 0 aliphatic rings. The van der Waals surface area contributed by atoms with E-state index < -0.39 is 6.09 Å². The smallest absolute Gasteiger partial charge is 0.411 e. The van der Waals surface area contributed by atoms with Gasteiger partial charge in [0.15, 0.2) is 0 Å². The van der Waals surface area contributed by atoms with Gasteiger partial charge in [0, 0.05) is 16.4 Å². The SMILES string of the molecule is CC(C)COC(=O)Nc1cccc(NC(=O)NC(C)c2ccc(Cl)cc2)c1. The number of carbonyl (C=O) groups is 2. The second-order valence-electron chi connectivity index (χ2n) is 6.57. The first-order chi connectivity index (χ1) is 12.8. The van der Waals surface area contributed by atoms with Crippen molar-refractivity contribution < 1.29 is 14.3 Å². The molecule has 6 nitrogen and oxygen atoms in total. The van der Waals surface area contributed by atoms with Crippen LogP contribution in [0, 0.1) is 5.92 Å². The Bertz CT molecular complexity index is 778. The topological polar surface area (TPSA) is 79.5 Å². The van der Waals surface area contributed by atoms with Gasteiger partial charge in [-0.05, 0) is 48.7 Å². The molecule has 144 valence electrons. The molecular formula is C20H24ClN3O3. The van der Waals surface area contributed by atoms with Crippen molar-refractivity contribution in [1.29, 1.82) is 0 Å². The van der Waals surface area contributed by atoms with Crippen LogP contribution in [-0.2, 0) is 4.74 Å². The Morgan fingerprint density at radius 1 is 1.00 bits per heavy atom. The van der Waals surface area contributed by atoms with E-state index in [2.05, 4.69) is 16.0 Å². The van der Waals surface area contributed by atoms with E-state index >= 15 is 0 Å². The van der Waals surface area contributed by atoms with E-state index in [0.29, 0.717) is 23.0 Å². The third kappa shape index (κ3) is 7.19. The van der Waals surface area contributed by atoms with Gasteiger partial charge in [-0.25, -0.2) is 9.59 Å². The van der Waals surface area contributed by atoms with E-state index in [0.717, 1.165) is 5.56 Å². The van der Waals surface area contributed by atoms with E-state index in [1.54, 1.807) is 36.4 Å². The van der Waals surface area contributed by atoms with Crippen molar-refractivity contribution in [3.8, 4) is 0 Å². The second-order valence-corrected chi connectivity index (χ2v) is 7.01. The molecular weight excluding hydrogens is 366 g/mol. The molecule has 0 bridgehead atoms. The van der Waals surface area contributed by atoms with E-state index in [-0.39, 0.29) is 18.0 Å². The van der Waals surface area contributed by atoms with Gasteiger partial charge in [0.1, 0.15) is 0 Å². The summed E-state index contributed by atoms with van der Waals surface area (Å²) in [6.07, 6.45) is -0.526. The lowest BCUT2D eigenvalue weighted by molar-refractivity contribution is 0.147. The van der Waals surface area contributed by atoms with Gasteiger partial charge in [-0.15, -0.1) is 0 Å². The number of halogens is 1. The largest absolute Gasteiger partial charge is 0.449 e. The van der Waals surface area contributed by atoms with Crippen LogP contribution in [0.15, 0.2) is 48.5 Å². The quantitative estimate of drug-likeness (QED) is 0.616. The molecule has 2 aromatic rings. The number of hydrogen-bond acceptors (Lipinski definition) is 3. The maximum absolute atomic E-state index is 12.2. The van der Waals surface area contributed by atoms with Gasteiger partial charge >= 0.3 is 12.1 Å². The van der Waals surface area contributed by atoms with Gasteiger partial charge in [0.25, 0.3) is 0 Å². The zero-order chi connectivity index (χ0) is 19.8. The lowest BCUT2D eigenvalue weighted by Gasteiger charge is -2.15. The summed E-state index contributed by atoms with van der Waals surface area (Å²) in [5, 5.41) is 8.88. The van der Waals surface area contributed by atoms with E-state index in [1.807, 2.05) is 32.9 Å². The van der Waals surface area contributed by atoms with Crippen LogP contribution in [0.5, 0.6) is 0 Å². The Hall–Kier alpha value is -2.73. The fraction of sp³-hybridized carbons (Fsp3) is 0.300. The van der Waals surface area contributed by atoms with Gasteiger partial charge in [0.05, 0.1) is 12.6 Å². The normalized spacial score (nSPS) is 11.6. The van der Waals surface area contributed by atoms with Crippen molar-refractivity contribution >= 4 is 35.1 Å². The van der Waals surface area contributed by atoms with E-state index in [4.69, 9.17) is 16.3 Å². The lowest BCUT2D eigenvalue weighted by atomic mass is 10.1. The van der Waals surface area contributed by atoms with Crippen LogP contribution in [0.4, 0.5) is 21.0 Å². The van der Waals surface area contributed by atoms with Crippen LogP contribution in [0.1, 0.15) is 32.4 Å². The zero-order valence-electron chi connectivity index (χ0n) is 15.6.